The van der Waals surface area contributed by atoms with E-state index in [4.69, 9.17) is 11.6 Å². The first kappa shape index (κ1) is 14.0. The predicted octanol–water partition coefficient (Wildman–Crippen LogP) is 3.68. The van der Waals surface area contributed by atoms with E-state index in [9.17, 15) is 0 Å². The monoisotopic (exact) mass is 317 g/mol. The maximum Gasteiger partial charge on any atom is 0.190 e. The second kappa shape index (κ2) is 5.83. The van der Waals surface area contributed by atoms with Gasteiger partial charge in [0.1, 0.15) is 16.5 Å². The van der Waals surface area contributed by atoms with Crippen LogP contribution in [0.2, 0.25) is 5.15 Å². The van der Waals surface area contributed by atoms with Gasteiger partial charge in [-0.15, -0.1) is 0 Å². The molecular weight excluding hydrogens is 306 g/mol. The lowest BCUT2D eigenvalue weighted by Crippen LogP contribution is -1.85. The maximum absolute atomic E-state index is 5.84. The lowest BCUT2D eigenvalue weighted by Gasteiger charge is -2.00. The minimum Gasteiger partial charge on any atom is -0.253 e. The molecule has 0 aliphatic carbocycles. The van der Waals surface area contributed by atoms with Gasteiger partial charge in [-0.3, -0.25) is 5.10 Å². The van der Waals surface area contributed by atoms with Crippen LogP contribution in [0.3, 0.4) is 0 Å². The fraction of sp³-hybridized carbons (Fsp3) is 0.143. The van der Waals surface area contributed by atoms with Crippen molar-refractivity contribution in [2.45, 2.75) is 24.0 Å². The Morgan fingerprint density at radius 2 is 1.81 bits per heavy atom. The fourth-order valence-electron chi connectivity index (χ4n) is 2.00. The first-order chi connectivity index (χ1) is 10.1. The normalized spacial score (nSPS) is 10.8. The van der Waals surface area contributed by atoms with Crippen molar-refractivity contribution < 1.29 is 0 Å². The molecule has 0 saturated carbocycles. The number of benzene rings is 1. The minimum atomic E-state index is 0.404. The predicted molar refractivity (Wildman–Crippen MR) is 82.5 cm³/mol. The van der Waals surface area contributed by atoms with E-state index < -0.39 is 0 Å². The van der Waals surface area contributed by atoms with Gasteiger partial charge in [0.15, 0.2) is 11.0 Å². The third-order valence-electron chi connectivity index (χ3n) is 2.75. The van der Waals surface area contributed by atoms with Crippen LogP contribution in [0.5, 0.6) is 0 Å². The van der Waals surface area contributed by atoms with Gasteiger partial charge in [0.2, 0.25) is 0 Å². The summed E-state index contributed by atoms with van der Waals surface area (Å²) in [7, 11) is 0. The highest BCUT2D eigenvalue weighted by Crippen LogP contribution is 2.26. The van der Waals surface area contributed by atoms with Crippen molar-refractivity contribution in [2.24, 2.45) is 0 Å². The summed E-state index contributed by atoms with van der Waals surface area (Å²) in [6.07, 6.45) is 1.42. The fourth-order valence-corrected chi connectivity index (χ4v) is 2.90. The number of aromatic nitrogens is 5. The van der Waals surface area contributed by atoms with Gasteiger partial charge in [-0.25, -0.2) is 15.0 Å². The number of rotatable bonds is 3. The topological polar surface area (TPSA) is 67.3 Å². The van der Waals surface area contributed by atoms with Crippen LogP contribution in [0.15, 0.2) is 40.8 Å². The number of halogens is 1. The molecule has 0 aliphatic heterocycles. The van der Waals surface area contributed by atoms with Crippen molar-refractivity contribution in [1.29, 1.82) is 0 Å². The van der Waals surface area contributed by atoms with Gasteiger partial charge in [0.05, 0.1) is 0 Å². The largest absolute Gasteiger partial charge is 0.253 e. The zero-order valence-electron chi connectivity index (χ0n) is 11.5. The Labute approximate surface area is 131 Å². The minimum absolute atomic E-state index is 0.404. The molecule has 1 aromatic carbocycles. The molecular formula is C14H12ClN5S. The summed E-state index contributed by atoms with van der Waals surface area (Å²) in [6, 6.07) is 7.93. The molecule has 0 amide bonds. The number of aromatic amines is 1. The molecule has 3 aromatic rings. The first-order valence-corrected chi connectivity index (χ1v) is 7.46. The van der Waals surface area contributed by atoms with Gasteiger partial charge in [-0.1, -0.05) is 28.8 Å². The molecule has 0 unspecified atom stereocenters. The standard InChI is InChI=1S/C14H12ClN5S/c1-8-3-9(2)5-10(4-8)13-18-14(20-19-13)21-12-6-11(15)16-7-17-12/h3-7H,1-2H3,(H,18,19,20). The SMILES string of the molecule is Cc1cc(C)cc(-c2n[nH]c(Sc3cc(Cl)ncn3)n2)c1. The van der Waals surface area contributed by atoms with E-state index in [1.165, 1.54) is 29.2 Å². The van der Waals surface area contributed by atoms with Gasteiger partial charge in [0.25, 0.3) is 0 Å². The third-order valence-corrected chi connectivity index (χ3v) is 3.77. The Morgan fingerprint density at radius 1 is 1.05 bits per heavy atom. The summed E-state index contributed by atoms with van der Waals surface area (Å²) in [4.78, 5) is 12.5. The maximum atomic E-state index is 5.84. The van der Waals surface area contributed by atoms with E-state index >= 15 is 0 Å². The molecule has 0 aliphatic rings. The van der Waals surface area contributed by atoms with E-state index in [0.717, 1.165) is 10.6 Å². The Kier molecular flexibility index (Phi) is 3.90. The molecule has 0 spiro atoms. The molecule has 0 bridgehead atoms. The molecule has 106 valence electrons. The lowest BCUT2D eigenvalue weighted by atomic mass is 10.1. The second-order valence-electron chi connectivity index (χ2n) is 4.62. The van der Waals surface area contributed by atoms with Crippen LogP contribution in [-0.4, -0.2) is 25.1 Å². The molecule has 3 rings (SSSR count). The number of nitrogens with zero attached hydrogens (tertiary/aromatic N) is 4. The number of nitrogens with one attached hydrogen (secondary N) is 1. The molecule has 0 fully saturated rings. The summed E-state index contributed by atoms with van der Waals surface area (Å²) in [5.41, 5.74) is 3.37. The molecule has 2 heterocycles. The molecule has 1 N–H and O–H groups in total. The van der Waals surface area contributed by atoms with Gasteiger partial charge in [-0.2, -0.15) is 5.10 Å². The van der Waals surface area contributed by atoms with Crippen LogP contribution in [0.1, 0.15) is 11.1 Å². The molecule has 21 heavy (non-hydrogen) atoms. The summed E-state index contributed by atoms with van der Waals surface area (Å²) in [5, 5.41) is 8.95. The van der Waals surface area contributed by atoms with Gasteiger partial charge in [0, 0.05) is 11.6 Å². The summed E-state index contributed by atoms with van der Waals surface area (Å²) >= 11 is 7.20. The summed E-state index contributed by atoms with van der Waals surface area (Å²) < 4.78 is 0. The van der Waals surface area contributed by atoms with Gasteiger partial charge in [-0.05, 0) is 37.7 Å². The van der Waals surface area contributed by atoms with E-state index in [2.05, 4.69) is 57.2 Å². The number of aryl methyl sites for hydroxylation is 2. The Hall–Kier alpha value is -1.92. The molecule has 2 aromatic heterocycles. The molecule has 0 radical (unpaired) electrons. The van der Waals surface area contributed by atoms with Crippen molar-refractivity contribution in [3.8, 4) is 11.4 Å². The highest BCUT2D eigenvalue weighted by atomic mass is 35.5. The highest BCUT2D eigenvalue weighted by Gasteiger charge is 2.09. The highest BCUT2D eigenvalue weighted by molar-refractivity contribution is 7.99. The summed E-state index contributed by atoms with van der Waals surface area (Å²) in [5.74, 6) is 0.671. The van der Waals surface area contributed by atoms with Crippen molar-refractivity contribution in [3.63, 3.8) is 0 Å². The van der Waals surface area contributed by atoms with E-state index in [1.54, 1.807) is 6.07 Å². The van der Waals surface area contributed by atoms with Crippen LogP contribution in [0.25, 0.3) is 11.4 Å². The Morgan fingerprint density at radius 3 is 2.52 bits per heavy atom. The smallest absolute Gasteiger partial charge is 0.190 e. The quantitative estimate of drug-likeness (QED) is 0.746. The number of H-pyrrole nitrogens is 1. The van der Waals surface area contributed by atoms with Crippen LogP contribution in [0.4, 0.5) is 0 Å². The number of hydrogen-bond acceptors (Lipinski definition) is 5. The van der Waals surface area contributed by atoms with Crippen molar-refractivity contribution in [2.75, 3.05) is 0 Å². The van der Waals surface area contributed by atoms with Gasteiger partial charge < -0.3 is 0 Å². The Bertz CT molecular complexity index is 766. The Balaban J connectivity index is 1.86. The average Bonchev–Trinajstić information content (AvgIpc) is 2.86. The van der Waals surface area contributed by atoms with Crippen molar-refractivity contribution >= 4 is 23.4 Å². The van der Waals surface area contributed by atoms with E-state index in [0.29, 0.717) is 16.1 Å². The second-order valence-corrected chi connectivity index (χ2v) is 6.02. The van der Waals surface area contributed by atoms with Gasteiger partial charge >= 0.3 is 0 Å². The average molecular weight is 318 g/mol. The molecule has 5 nitrogen and oxygen atoms in total. The lowest BCUT2D eigenvalue weighted by molar-refractivity contribution is 0.963. The zero-order valence-corrected chi connectivity index (χ0v) is 13.0. The van der Waals surface area contributed by atoms with Crippen LogP contribution < -0.4 is 0 Å². The number of hydrogen-bond donors (Lipinski definition) is 1. The van der Waals surface area contributed by atoms with E-state index in [-0.39, 0.29) is 0 Å². The zero-order chi connectivity index (χ0) is 14.8. The molecule has 7 heteroatoms. The van der Waals surface area contributed by atoms with Crippen LogP contribution in [-0.2, 0) is 0 Å². The van der Waals surface area contributed by atoms with Crippen molar-refractivity contribution in [1.82, 2.24) is 25.1 Å². The van der Waals surface area contributed by atoms with Crippen LogP contribution >= 0.6 is 23.4 Å². The molecule has 0 atom stereocenters. The first-order valence-electron chi connectivity index (χ1n) is 6.26. The molecule has 0 saturated heterocycles. The third kappa shape index (κ3) is 3.40. The summed E-state index contributed by atoms with van der Waals surface area (Å²) in [6.45, 7) is 4.11. The van der Waals surface area contributed by atoms with E-state index in [1.807, 2.05) is 0 Å². The van der Waals surface area contributed by atoms with Crippen LogP contribution in [0, 0.1) is 13.8 Å². The van der Waals surface area contributed by atoms with Crippen molar-refractivity contribution in [3.05, 3.63) is 46.9 Å².